The monoisotopic (exact) mass is 1040 g/mol. The summed E-state index contributed by atoms with van der Waals surface area (Å²) in [6.45, 7) is 4.07. The Balaban J connectivity index is 3.57. The molecule has 4 unspecified atom stereocenters. The van der Waals surface area contributed by atoms with Crippen LogP contribution in [0.3, 0.4) is 0 Å². The van der Waals surface area contributed by atoms with Gasteiger partial charge in [-0.3, -0.25) is 4.79 Å². The first kappa shape index (κ1) is 72.3. The first-order valence-corrected chi connectivity index (χ1v) is 33.0. The minimum absolute atomic E-state index is 0.360. The van der Waals surface area contributed by atoms with Crippen LogP contribution in [0.1, 0.15) is 348 Å². The average molecular weight is 1040 g/mol. The summed E-state index contributed by atoms with van der Waals surface area (Å²) in [6, 6.07) is -1.01. The number of nitrogens with one attached hydrogen (secondary N) is 1. The van der Waals surface area contributed by atoms with Crippen molar-refractivity contribution in [2.24, 2.45) is 0 Å². The summed E-state index contributed by atoms with van der Waals surface area (Å²) < 4.78 is 0. The number of rotatable bonds is 61. The number of carbonyl (C=O) groups excluding carboxylic acids is 1. The molecule has 436 valence electrons. The maximum atomic E-state index is 12.6. The fraction of sp³-hybridized carbons (Fsp3) is 0.868. The topological polar surface area (TPSA) is 110 Å². The summed E-state index contributed by atoms with van der Waals surface area (Å²) in [5.41, 5.74) is 0. The number of allylic oxidation sites excluding steroid dienone is 8. The van der Waals surface area contributed by atoms with E-state index in [4.69, 9.17) is 0 Å². The van der Waals surface area contributed by atoms with Gasteiger partial charge in [0.25, 0.3) is 0 Å². The number of hydrogen-bond acceptors (Lipinski definition) is 5. The van der Waals surface area contributed by atoms with Crippen LogP contribution in [-0.4, -0.2) is 57.3 Å². The Bertz CT molecular complexity index is 1210. The Morgan fingerprint density at radius 2 is 0.568 bits per heavy atom. The van der Waals surface area contributed by atoms with Gasteiger partial charge < -0.3 is 25.7 Å². The number of unbranched alkanes of at least 4 members (excludes halogenated alkanes) is 44. The first-order chi connectivity index (χ1) is 36.5. The lowest BCUT2D eigenvalue weighted by molar-refractivity contribution is -0.132. The second-order valence-corrected chi connectivity index (χ2v) is 22.8. The lowest BCUT2D eigenvalue weighted by Gasteiger charge is -2.27. The van der Waals surface area contributed by atoms with E-state index in [0.717, 1.165) is 51.4 Å². The van der Waals surface area contributed by atoms with Crippen molar-refractivity contribution >= 4 is 5.91 Å². The lowest BCUT2D eigenvalue weighted by Crippen LogP contribution is -2.53. The van der Waals surface area contributed by atoms with Gasteiger partial charge in [0.05, 0.1) is 18.8 Å². The first-order valence-electron chi connectivity index (χ1n) is 33.0. The van der Waals surface area contributed by atoms with E-state index in [9.17, 15) is 25.2 Å². The normalized spacial score (nSPS) is 13.9. The van der Waals surface area contributed by atoms with Crippen LogP contribution in [0.25, 0.3) is 0 Å². The van der Waals surface area contributed by atoms with Crippen LogP contribution in [0.2, 0.25) is 0 Å². The van der Waals surface area contributed by atoms with Crippen LogP contribution < -0.4 is 5.32 Å². The van der Waals surface area contributed by atoms with Gasteiger partial charge in [0, 0.05) is 0 Å². The average Bonchev–Trinajstić information content (AvgIpc) is 3.41. The summed E-state index contributed by atoms with van der Waals surface area (Å²) in [5.74, 6) is -0.596. The standard InChI is InChI=1S/C68H129NO5/c1-3-5-7-9-11-13-15-17-19-21-23-25-26-27-28-29-30-31-32-33-34-35-36-37-38-39-40-41-42-44-46-48-50-52-54-56-58-60-62-66(72)68(74)69-64(63-70)67(73)65(71)61-59-57-55-53-51-49-47-45-43-24-22-20-18-16-14-12-10-8-6-4-2/h20,22,33-34,45,47,53,55,64-67,70-73H,3-19,21,23-32,35-44,46,48-52,54,56-63H2,1-2H3,(H,69,74)/b22-20+,34-33-,47-45+,55-53+. The Morgan fingerprint density at radius 3 is 0.851 bits per heavy atom. The number of hydrogen-bond donors (Lipinski definition) is 5. The molecule has 0 aliphatic rings. The molecule has 6 nitrogen and oxygen atoms in total. The van der Waals surface area contributed by atoms with Gasteiger partial charge in [-0.05, 0) is 89.9 Å². The molecule has 0 radical (unpaired) electrons. The van der Waals surface area contributed by atoms with Crippen molar-refractivity contribution in [3.05, 3.63) is 48.6 Å². The Labute approximate surface area is 461 Å². The molecule has 0 aromatic rings. The highest BCUT2D eigenvalue weighted by Crippen LogP contribution is 2.18. The summed E-state index contributed by atoms with van der Waals surface area (Å²) in [4.78, 5) is 12.6. The van der Waals surface area contributed by atoms with Gasteiger partial charge in [-0.1, -0.05) is 306 Å². The van der Waals surface area contributed by atoms with E-state index in [2.05, 4.69) is 67.8 Å². The summed E-state index contributed by atoms with van der Waals surface area (Å²) in [7, 11) is 0. The third-order valence-corrected chi connectivity index (χ3v) is 15.5. The fourth-order valence-corrected chi connectivity index (χ4v) is 10.3. The van der Waals surface area contributed by atoms with Crippen LogP contribution in [0.15, 0.2) is 48.6 Å². The van der Waals surface area contributed by atoms with E-state index in [1.165, 1.54) is 263 Å². The van der Waals surface area contributed by atoms with Gasteiger partial charge in [0.2, 0.25) is 5.91 Å². The Hall–Kier alpha value is -1.73. The molecule has 5 N–H and O–H groups in total. The summed E-state index contributed by atoms with van der Waals surface area (Å²) >= 11 is 0. The van der Waals surface area contributed by atoms with Crippen LogP contribution in [0, 0.1) is 0 Å². The van der Waals surface area contributed by atoms with E-state index >= 15 is 0 Å². The maximum Gasteiger partial charge on any atom is 0.249 e. The van der Waals surface area contributed by atoms with Gasteiger partial charge in [0.15, 0.2) is 0 Å². The molecule has 4 atom stereocenters. The molecule has 74 heavy (non-hydrogen) atoms. The van der Waals surface area contributed by atoms with E-state index in [1.807, 2.05) is 0 Å². The minimum atomic E-state index is -1.30. The highest BCUT2D eigenvalue weighted by molar-refractivity contribution is 5.80. The second-order valence-electron chi connectivity index (χ2n) is 22.8. The van der Waals surface area contributed by atoms with Gasteiger partial charge in [0.1, 0.15) is 12.2 Å². The molecule has 0 saturated heterocycles. The van der Waals surface area contributed by atoms with E-state index in [-0.39, 0.29) is 0 Å². The van der Waals surface area contributed by atoms with E-state index < -0.39 is 36.9 Å². The highest BCUT2D eigenvalue weighted by Gasteiger charge is 2.28. The predicted molar refractivity (Wildman–Crippen MR) is 325 cm³/mol. The predicted octanol–water partition coefficient (Wildman–Crippen LogP) is 20.1. The highest BCUT2D eigenvalue weighted by atomic mass is 16.3. The fourth-order valence-electron chi connectivity index (χ4n) is 10.3. The number of aliphatic hydroxyl groups excluding tert-OH is 4. The lowest BCUT2D eigenvalue weighted by atomic mass is 10.00. The zero-order chi connectivity index (χ0) is 53.7. The van der Waals surface area contributed by atoms with Crippen LogP contribution in [-0.2, 0) is 4.79 Å². The van der Waals surface area contributed by atoms with Gasteiger partial charge in [-0.25, -0.2) is 0 Å². The third-order valence-electron chi connectivity index (χ3n) is 15.5. The Kier molecular flexibility index (Phi) is 60.7. The second kappa shape index (κ2) is 62.1. The molecule has 0 aliphatic carbocycles. The van der Waals surface area contributed by atoms with Crippen LogP contribution in [0.5, 0.6) is 0 Å². The van der Waals surface area contributed by atoms with Crippen molar-refractivity contribution in [3.63, 3.8) is 0 Å². The molecule has 1 amide bonds. The molecule has 0 rings (SSSR count). The van der Waals surface area contributed by atoms with Gasteiger partial charge >= 0.3 is 0 Å². The van der Waals surface area contributed by atoms with Gasteiger partial charge in [-0.2, -0.15) is 0 Å². The summed E-state index contributed by atoms with van der Waals surface area (Å²) in [5, 5.41) is 44.0. The molecule has 0 spiro atoms. The van der Waals surface area contributed by atoms with Gasteiger partial charge in [-0.15, -0.1) is 0 Å². The van der Waals surface area contributed by atoms with Crippen molar-refractivity contribution < 1.29 is 25.2 Å². The molecular weight excluding hydrogens is 911 g/mol. The Morgan fingerprint density at radius 1 is 0.324 bits per heavy atom. The largest absolute Gasteiger partial charge is 0.394 e. The van der Waals surface area contributed by atoms with Crippen LogP contribution in [0.4, 0.5) is 0 Å². The SMILES string of the molecule is CCCCCCCCC/C=C/CC/C=C/CC/C=C/CCCC(O)C(O)C(CO)NC(=O)C(O)CCCCCCCCCCCCCCCCCC/C=C\CCCCCCCCCCCCCCCCCCCC. The zero-order valence-electron chi connectivity index (χ0n) is 49.6. The third kappa shape index (κ3) is 55.0. The molecular formula is C68H129NO5. The molecule has 0 heterocycles. The zero-order valence-corrected chi connectivity index (χ0v) is 49.6. The van der Waals surface area contributed by atoms with Crippen molar-refractivity contribution in [2.75, 3.05) is 6.61 Å². The number of aliphatic hydroxyl groups is 4. The van der Waals surface area contributed by atoms with Crippen molar-refractivity contribution in [1.29, 1.82) is 0 Å². The molecule has 0 aromatic heterocycles. The van der Waals surface area contributed by atoms with Crippen LogP contribution >= 0.6 is 0 Å². The molecule has 0 fully saturated rings. The van der Waals surface area contributed by atoms with Crippen molar-refractivity contribution in [2.45, 2.75) is 372 Å². The summed E-state index contributed by atoms with van der Waals surface area (Å²) in [6.07, 6.45) is 80.9. The molecule has 0 bridgehead atoms. The van der Waals surface area contributed by atoms with E-state index in [1.54, 1.807) is 0 Å². The molecule has 0 aliphatic heterocycles. The smallest absolute Gasteiger partial charge is 0.249 e. The molecule has 0 saturated carbocycles. The minimum Gasteiger partial charge on any atom is -0.394 e. The van der Waals surface area contributed by atoms with Crippen molar-refractivity contribution in [1.82, 2.24) is 5.32 Å². The quantitative estimate of drug-likeness (QED) is 0.0308. The number of carbonyl (C=O) groups is 1. The van der Waals surface area contributed by atoms with E-state index in [0.29, 0.717) is 19.3 Å². The number of amides is 1. The molecule has 6 heteroatoms. The molecule has 0 aromatic carbocycles. The van der Waals surface area contributed by atoms with Crippen molar-refractivity contribution in [3.8, 4) is 0 Å². The maximum absolute atomic E-state index is 12.6.